The fourth-order valence-electron chi connectivity index (χ4n) is 1.11. The molecule has 0 spiro atoms. The number of hydrogen-bond donors (Lipinski definition) is 2. The zero-order valence-electron chi connectivity index (χ0n) is 11.1. The SMILES string of the molecule is CCN(CCNC(=O)CN)C(=O)OC(C)(C)C. The van der Waals surface area contributed by atoms with Gasteiger partial charge in [-0.3, -0.25) is 4.79 Å². The van der Waals surface area contributed by atoms with Crippen LogP contribution >= 0.6 is 0 Å². The number of hydrogen-bond acceptors (Lipinski definition) is 4. The second kappa shape index (κ2) is 7.11. The average Bonchev–Trinajstić information content (AvgIpc) is 2.21. The maximum atomic E-state index is 11.7. The van der Waals surface area contributed by atoms with Crippen molar-refractivity contribution in [3.05, 3.63) is 0 Å². The zero-order chi connectivity index (χ0) is 13.5. The number of nitrogens with two attached hydrogens (primary N) is 1. The van der Waals surface area contributed by atoms with Crippen molar-refractivity contribution in [3.8, 4) is 0 Å². The molecule has 3 N–H and O–H groups in total. The van der Waals surface area contributed by atoms with Crippen LogP contribution in [0.2, 0.25) is 0 Å². The quantitative estimate of drug-likeness (QED) is 0.730. The topological polar surface area (TPSA) is 84.7 Å². The molecule has 0 bridgehead atoms. The third-order valence-corrected chi connectivity index (χ3v) is 1.92. The largest absolute Gasteiger partial charge is 0.444 e. The van der Waals surface area contributed by atoms with Crippen LogP contribution < -0.4 is 11.1 Å². The lowest BCUT2D eigenvalue weighted by molar-refractivity contribution is -0.119. The van der Waals surface area contributed by atoms with Gasteiger partial charge in [-0.2, -0.15) is 0 Å². The van der Waals surface area contributed by atoms with E-state index >= 15 is 0 Å². The highest BCUT2D eigenvalue weighted by molar-refractivity contribution is 5.77. The first kappa shape index (κ1) is 15.7. The van der Waals surface area contributed by atoms with Crippen LogP contribution in [0.1, 0.15) is 27.7 Å². The van der Waals surface area contributed by atoms with Crippen LogP contribution in [0.5, 0.6) is 0 Å². The molecule has 0 rings (SSSR count). The molecule has 0 aliphatic heterocycles. The number of likely N-dealkylation sites (N-methyl/N-ethyl adjacent to an activating group) is 1. The molecule has 0 aliphatic rings. The number of amides is 2. The minimum absolute atomic E-state index is 0.0431. The van der Waals surface area contributed by atoms with Crippen LogP contribution in [0.3, 0.4) is 0 Å². The highest BCUT2D eigenvalue weighted by Gasteiger charge is 2.20. The van der Waals surface area contributed by atoms with E-state index in [9.17, 15) is 9.59 Å². The normalized spacial score (nSPS) is 10.9. The predicted octanol–water partition coefficient (Wildman–Crippen LogP) is 0.318. The Bertz CT molecular complexity index is 261. The molecule has 0 atom stereocenters. The molecule has 0 aliphatic carbocycles. The molecule has 6 heteroatoms. The Morgan fingerprint density at radius 2 is 1.94 bits per heavy atom. The van der Waals surface area contributed by atoms with Crippen molar-refractivity contribution in [3.63, 3.8) is 0 Å². The zero-order valence-corrected chi connectivity index (χ0v) is 11.1. The van der Waals surface area contributed by atoms with E-state index in [1.165, 1.54) is 4.90 Å². The van der Waals surface area contributed by atoms with Crippen LogP contribution in [0.25, 0.3) is 0 Å². The highest BCUT2D eigenvalue weighted by Crippen LogP contribution is 2.09. The maximum absolute atomic E-state index is 11.7. The number of rotatable bonds is 5. The molecule has 2 amide bonds. The fraction of sp³-hybridized carbons (Fsp3) is 0.818. The summed E-state index contributed by atoms with van der Waals surface area (Å²) in [5.74, 6) is -0.231. The Hall–Kier alpha value is -1.30. The third-order valence-electron chi connectivity index (χ3n) is 1.92. The summed E-state index contributed by atoms with van der Waals surface area (Å²) in [6.45, 7) is 8.58. The molecule has 0 aromatic heterocycles. The van der Waals surface area contributed by atoms with Crippen molar-refractivity contribution in [1.29, 1.82) is 0 Å². The molecule has 0 saturated carbocycles. The van der Waals surface area contributed by atoms with Crippen molar-refractivity contribution < 1.29 is 14.3 Å². The summed E-state index contributed by atoms with van der Waals surface area (Å²) in [6.07, 6.45) is -0.373. The van der Waals surface area contributed by atoms with Gasteiger partial charge in [0.05, 0.1) is 6.54 Å². The van der Waals surface area contributed by atoms with Crippen molar-refractivity contribution >= 4 is 12.0 Å². The van der Waals surface area contributed by atoms with Crippen LogP contribution in [0, 0.1) is 0 Å². The minimum atomic E-state index is -0.509. The lowest BCUT2D eigenvalue weighted by Crippen LogP contribution is -2.42. The summed E-state index contributed by atoms with van der Waals surface area (Å²) < 4.78 is 5.22. The molecule has 6 nitrogen and oxygen atoms in total. The Kier molecular flexibility index (Phi) is 6.57. The van der Waals surface area contributed by atoms with E-state index in [0.29, 0.717) is 19.6 Å². The van der Waals surface area contributed by atoms with Gasteiger partial charge in [0.25, 0.3) is 0 Å². The molecule has 0 saturated heterocycles. The molecular formula is C11H23N3O3. The highest BCUT2D eigenvalue weighted by atomic mass is 16.6. The summed E-state index contributed by atoms with van der Waals surface area (Å²) in [4.78, 5) is 24.1. The molecule has 0 fully saturated rings. The van der Waals surface area contributed by atoms with Gasteiger partial charge in [0.1, 0.15) is 5.60 Å². The summed E-state index contributed by atoms with van der Waals surface area (Å²) in [5.41, 5.74) is 4.64. The molecule has 17 heavy (non-hydrogen) atoms. The van der Waals surface area contributed by atoms with Gasteiger partial charge >= 0.3 is 6.09 Å². The monoisotopic (exact) mass is 245 g/mol. The first-order valence-electron chi connectivity index (χ1n) is 5.75. The lowest BCUT2D eigenvalue weighted by atomic mass is 10.2. The first-order chi connectivity index (χ1) is 7.80. The van der Waals surface area contributed by atoms with Gasteiger partial charge in [-0.15, -0.1) is 0 Å². The lowest BCUT2D eigenvalue weighted by Gasteiger charge is -2.26. The van der Waals surface area contributed by atoms with Crippen molar-refractivity contribution in [2.24, 2.45) is 5.73 Å². The Balaban J connectivity index is 4.06. The Morgan fingerprint density at radius 3 is 2.35 bits per heavy atom. The molecule has 0 aromatic rings. The van der Waals surface area contributed by atoms with Gasteiger partial charge in [0, 0.05) is 19.6 Å². The summed E-state index contributed by atoms with van der Waals surface area (Å²) >= 11 is 0. The van der Waals surface area contributed by atoms with Crippen LogP contribution in [-0.4, -0.2) is 48.7 Å². The fourth-order valence-corrected chi connectivity index (χ4v) is 1.11. The number of carbonyl (C=O) groups excluding carboxylic acids is 2. The summed E-state index contributed by atoms with van der Waals surface area (Å²) in [5, 5.41) is 2.60. The first-order valence-corrected chi connectivity index (χ1v) is 5.75. The van der Waals surface area contributed by atoms with Gasteiger partial charge in [-0.1, -0.05) is 0 Å². The van der Waals surface area contributed by atoms with Crippen LogP contribution in [0.15, 0.2) is 0 Å². The van der Waals surface area contributed by atoms with E-state index in [1.54, 1.807) is 0 Å². The summed E-state index contributed by atoms with van der Waals surface area (Å²) in [6, 6.07) is 0. The molecule has 0 aromatic carbocycles. The van der Waals surface area contributed by atoms with E-state index < -0.39 is 5.60 Å². The van der Waals surface area contributed by atoms with E-state index in [1.807, 2.05) is 27.7 Å². The van der Waals surface area contributed by atoms with Crippen LogP contribution in [-0.2, 0) is 9.53 Å². The average molecular weight is 245 g/mol. The standard InChI is InChI=1S/C11H23N3O3/c1-5-14(7-6-13-9(15)8-12)10(16)17-11(2,3)4/h5-8,12H2,1-4H3,(H,13,15). The second-order valence-electron chi connectivity index (χ2n) is 4.61. The van der Waals surface area contributed by atoms with Crippen molar-refractivity contribution in [1.82, 2.24) is 10.2 Å². The number of nitrogens with one attached hydrogen (secondary N) is 1. The van der Waals surface area contributed by atoms with Gasteiger partial charge in [0.15, 0.2) is 0 Å². The molecule has 0 radical (unpaired) electrons. The van der Waals surface area contributed by atoms with E-state index in [0.717, 1.165) is 0 Å². The smallest absolute Gasteiger partial charge is 0.410 e. The summed E-state index contributed by atoms with van der Waals surface area (Å²) in [7, 11) is 0. The van der Waals surface area contributed by atoms with E-state index in [2.05, 4.69) is 5.32 Å². The maximum Gasteiger partial charge on any atom is 0.410 e. The van der Waals surface area contributed by atoms with Gasteiger partial charge in [-0.25, -0.2) is 4.79 Å². The second-order valence-corrected chi connectivity index (χ2v) is 4.61. The van der Waals surface area contributed by atoms with Gasteiger partial charge in [0.2, 0.25) is 5.91 Å². The number of carbonyl (C=O) groups is 2. The third kappa shape index (κ3) is 7.57. The molecule has 0 unspecified atom stereocenters. The van der Waals surface area contributed by atoms with Crippen molar-refractivity contribution in [2.75, 3.05) is 26.2 Å². The Labute approximate surface area is 102 Å². The molecule has 100 valence electrons. The predicted molar refractivity (Wildman–Crippen MR) is 65.5 cm³/mol. The van der Waals surface area contributed by atoms with Crippen LogP contribution in [0.4, 0.5) is 4.79 Å². The van der Waals surface area contributed by atoms with Gasteiger partial charge in [-0.05, 0) is 27.7 Å². The molecule has 0 heterocycles. The minimum Gasteiger partial charge on any atom is -0.444 e. The van der Waals surface area contributed by atoms with Gasteiger partial charge < -0.3 is 20.7 Å². The van der Waals surface area contributed by atoms with E-state index in [4.69, 9.17) is 10.5 Å². The number of nitrogens with zero attached hydrogens (tertiary/aromatic N) is 1. The van der Waals surface area contributed by atoms with E-state index in [-0.39, 0.29) is 18.5 Å². The Morgan fingerprint density at radius 1 is 1.35 bits per heavy atom. The van der Waals surface area contributed by atoms with Crippen molar-refractivity contribution in [2.45, 2.75) is 33.3 Å². The number of ether oxygens (including phenoxy) is 1. The molecular weight excluding hydrogens is 222 g/mol.